The summed E-state index contributed by atoms with van der Waals surface area (Å²) in [5.41, 5.74) is 3.60. The zero-order chi connectivity index (χ0) is 19.9. The van der Waals surface area contributed by atoms with Crippen molar-refractivity contribution >= 4 is 23.0 Å². The number of hydrogen-bond acceptors (Lipinski definition) is 3. The Morgan fingerprint density at radius 1 is 1.29 bits per heavy atom. The second-order valence-corrected chi connectivity index (χ2v) is 8.52. The third-order valence-electron chi connectivity index (χ3n) is 5.62. The molecular weight excluding hydrogens is 366 g/mol. The first-order chi connectivity index (χ1) is 13.5. The van der Waals surface area contributed by atoms with E-state index in [0.717, 1.165) is 42.0 Å². The lowest BCUT2D eigenvalue weighted by atomic mass is 10.0. The SMILES string of the molecule is Cc1ccc(NC(=S)N(CCCN2CCC[C@H](C)C2)Cc2ccco2)cc1C. The zero-order valence-electron chi connectivity index (χ0n) is 17.4. The van der Waals surface area contributed by atoms with Crippen molar-refractivity contribution in [3.05, 3.63) is 53.5 Å². The Bertz CT molecular complexity index is 759. The third-order valence-corrected chi connectivity index (χ3v) is 5.98. The summed E-state index contributed by atoms with van der Waals surface area (Å²) in [7, 11) is 0. The molecular formula is C23H33N3OS. The maximum Gasteiger partial charge on any atom is 0.173 e. The Kier molecular flexibility index (Phi) is 7.51. The summed E-state index contributed by atoms with van der Waals surface area (Å²) < 4.78 is 5.57. The van der Waals surface area contributed by atoms with Gasteiger partial charge in [-0.2, -0.15) is 0 Å². The molecule has 1 atom stereocenters. The molecule has 1 aliphatic rings. The van der Waals surface area contributed by atoms with Gasteiger partial charge in [-0.1, -0.05) is 13.0 Å². The van der Waals surface area contributed by atoms with Crippen LogP contribution in [-0.4, -0.2) is 41.1 Å². The molecule has 4 nitrogen and oxygen atoms in total. The molecule has 1 aromatic heterocycles. The second kappa shape index (κ2) is 10.1. The van der Waals surface area contributed by atoms with Crippen LogP contribution in [-0.2, 0) is 6.54 Å². The Morgan fingerprint density at radius 3 is 2.86 bits per heavy atom. The Balaban J connectivity index is 1.58. The van der Waals surface area contributed by atoms with Gasteiger partial charge in [-0.05, 0) is 99.7 Å². The van der Waals surface area contributed by atoms with Crippen molar-refractivity contribution in [2.75, 3.05) is 31.5 Å². The molecule has 1 saturated heterocycles. The van der Waals surface area contributed by atoms with E-state index in [-0.39, 0.29) is 0 Å². The number of nitrogens with zero attached hydrogens (tertiary/aromatic N) is 2. The fourth-order valence-corrected chi connectivity index (χ4v) is 4.11. The molecule has 0 amide bonds. The van der Waals surface area contributed by atoms with Crippen molar-refractivity contribution in [1.82, 2.24) is 9.80 Å². The van der Waals surface area contributed by atoms with Crippen LogP contribution >= 0.6 is 12.2 Å². The minimum absolute atomic E-state index is 0.695. The van der Waals surface area contributed by atoms with Crippen LogP contribution in [0.4, 0.5) is 5.69 Å². The summed E-state index contributed by atoms with van der Waals surface area (Å²) in [5, 5.41) is 4.18. The van der Waals surface area contributed by atoms with Gasteiger partial charge in [0.25, 0.3) is 0 Å². The number of piperidine rings is 1. The maximum atomic E-state index is 5.75. The molecule has 1 fully saturated rings. The number of hydrogen-bond donors (Lipinski definition) is 1. The van der Waals surface area contributed by atoms with Gasteiger partial charge < -0.3 is 19.5 Å². The molecule has 28 heavy (non-hydrogen) atoms. The summed E-state index contributed by atoms with van der Waals surface area (Å²) in [6.45, 7) is 11.8. The lowest BCUT2D eigenvalue weighted by Crippen LogP contribution is -2.39. The summed E-state index contributed by atoms with van der Waals surface area (Å²) in [6, 6.07) is 10.3. The number of nitrogens with one attached hydrogen (secondary N) is 1. The van der Waals surface area contributed by atoms with Crippen LogP contribution in [0, 0.1) is 19.8 Å². The highest BCUT2D eigenvalue weighted by Crippen LogP contribution is 2.17. The summed E-state index contributed by atoms with van der Waals surface area (Å²) in [4.78, 5) is 4.82. The third kappa shape index (κ3) is 6.08. The van der Waals surface area contributed by atoms with Crippen LogP contribution in [0.5, 0.6) is 0 Å². The predicted octanol–water partition coefficient (Wildman–Crippen LogP) is 5.22. The largest absolute Gasteiger partial charge is 0.467 e. The highest BCUT2D eigenvalue weighted by Gasteiger charge is 2.17. The zero-order valence-corrected chi connectivity index (χ0v) is 18.2. The molecule has 152 valence electrons. The van der Waals surface area contributed by atoms with E-state index in [2.05, 4.69) is 54.1 Å². The fourth-order valence-electron chi connectivity index (χ4n) is 3.84. The number of furan rings is 1. The highest BCUT2D eigenvalue weighted by molar-refractivity contribution is 7.80. The predicted molar refractivity (Wildman–Crippen MR) is 121 cm³/mol. The highest BCUT2D eigenvalue weighted by atomic mass is 32.1. The van der Waals surface area contributed by atoms with E-state index in [1.165, 1.54) is 37.1 Å². The number of rotatable bonds is 7. The van der Waals surface area contributed by atoms with E-state index in [0.29, 0.717) is 6.54 Å². The van der Waals surface area contributed by atoms with Crippen molar-refractivity contribution < 1.29 is 4.42 Å². The number of anilines is 1. The van der Waals surface area contributed by atoms with Gasteiger partial charge in [0.05, 0.1) is 12.8 Å². The number of benzene rings is 1. The molecule has 1 aromatic carbocycles. The lowest BCUT2D eigenvalue weighted by molar-refractivity contribution is 0.177. The van der Waals surface area contributed by atoms with Crippen molar-refractivity contribution in [2.24, 2.45) is 5.92 Å². The van der Waals surface area contributed by atoms with Crippen LogP contribution < -0.4 is 5.32 Å². The molecule has 5 heteroatoms. The van der Waals surface area contributed by atoms with E-state index < -0.39 is 0 Å². The standard InChI is InChI=1S/C23H33N3OS/c1-18-7-4-11-25(16-18)12-6-13-26(17-22-8-5-14-27-22)23(28)24-21-10-9-19(2)20(3)15-21/h5,8-10,14-15,18H,4,6-7,11-13,16-17H2,1-3H3,(H,24,28)/t18-/m0/s1. The van der Waals surface area contributed by atoms with E-state index >= 15 is 0 Å². The summed E-state index contributed by atoms with van der Waals surface area (Å²) >= 11 is 5.75. The summed E-state index contributed by atoms with van der Waals surface area (Å²) in [6.07, 6.45) is 5.51. The maximum absolute atomic E-state index is 5.75. The minimum atomic E-state index is 0.695. The Hall–Kier alpha value is -1.85. The fraction of sp³-hybridized carbons (Fsp3) is 0.522. The van der Waals surface area contributed by atoms with Gasteiger partial charge in [-0.25, -0.2) is 0 Å². The molecule has 0 aliphatic carbocycles. The molecule has 0 saturated carbocycles. The lowest BCUT2D eigenvalue weighted by Gasteiger charge is -2.32. The van der Waals surface area contributed by atoms with Gasteiger partial charge in [0.15, 0.2) is 5.11 Å². The van der Waals surface area contributed by atoms with Gasteiger partial charge in [0.1, 0.15) is 5.76 Å². The molecule has 0 radical (unpaired) electrons. The van der Waals surface area contributed by atoms with E-state index in [9.17, 15) is 0 Å². The van der Waals surface area contributed by atoms with Crippen molar-refractivity contribution in [3.8, 4) is 0 Å². The monoisotopic (exact) mass is 399 g/mol. The molecule has 0 unspecified atom stereocenters. The normalized spacial score (nSPS) is 17.5. The van der Waals surface area contributed by atoms with Gasteiger partial charge >= 0.3 is 0 Å². The topological polar surface area (TPSA) is 31.6 Å². The minimum Gasteiger partial charge on any atom is -0.467 e. The number of likely N-dealkylation sites (tertiary alicyclic amines) is 1. The Morgan fingerprint density at radius 2 is 2.14 bits per heavy atom. The van der Waals surface area contributed by atoms with E-state index in [4.69, 9.17) is 16.6 Å². The van der Waals surface area contributed by atoms with E-state index in [1.54, 1.807) is 6.26 Å². The first kappa shape index (κ1) is 20.9. The van der Waals surface area contributed by atoms with Gasteiger partial charge in [0.2, 0.25) is 0 Å². The molecule has 2 heterocycles. The molecule has 0 spiro atoms. The van der Waals surface area contributed by atoms with Crippen molar-refractivity contribution in [2.45, 2.75) is 46.6 Å². The quantitative estimate of drug-likeness (QED) is 0.646. The van der Waals surface area contributed by atoms with Gasteiger partial charge in [0, 0.05) is 18.8 Å². The van der Waals surface area contributed by atoms with Crippen LogP contribution in [0.3, 0.4) is 0 Å². The van der Waals surface area contributed by atoms with E-state index in [1.807, 2.05) is 12.1 Å². The molecule has 1 aliphatic heterocycles. The van der Waals surface area contributed by atoms with Crippen LogP contribution in [0.25, 0.3) is 0 Å². The molecule has 0 bridgehead atoms. The summed E-state index contributed by atoms with van der Waals surface area (Å²) in [5.74, 6) is 1.76. The molecule has 1 N–H and O–H groups in total. The smallest absolute Gasteiger partial charge is 0.173 e. The van der Waals surface area contributed by atoms with Crippen molar-refractivity contribution in [3.63, 3.8) is 0 Å². The van der Waals surface area contributed by atoms with Crippen molar-refractivity contribution in [1.29, 1.82) is 0 Å². The first-order valence-electron chi connectivity index (χ1n) is 10.4. The molecule has 2 aromatic rings. The van der Waals surface area contributed by atoms with Crippen LogP contribution in [0.1, 0.15) is 43.1 Å². The number of thiocarbonyl (C=S) groups is 1. The average molecular weight is 400 g/mol. The van der Waals surface area contributed by atoms with Crippen LogP contribution in [0.2, 0.25) is 0 Å². The van der Waals surface area contributed by atoms with Gasteiger partial charge in [-0.15, -0.1) is 0 Å². The second-order valence-electron chi connectivity index (χ2n) is 8.13. The average Bonchev–Trinajstić information content (AvgIpc) is 3.17. The van der Waals surface area contributed by atoms with Gasteiger partial charge in [-0.3, -0.25) is 0 Å². The Labute approximate surface area is 174 Å². The number of aryl methyl sites for hydroxylation is 2. The molecule has 3 rings (SSSR count). The van der Waals surface area contributed by atoms with Crippen LogP contribution in [0.15, 0.2) is 41.0 Å². The first-order valence-corrected chi connectivity index (χ1v) is 10.8.